The van der Waals surface area contributed by atoms with E-state index in [1.807, 2.05) is 6.07 Å². The van der Waals surface area contributed by atoms with Crippen molar-refractivity contribution in [3.8, 4) is 0 Å². The topological polar surface area (TPSA) is 40.6 Å². The standard InChI is InChI=1S/C17H21FN2O2/c1-13(21)20-8-3-6-17(12-20)7-9-19(16(17)22)11-14-4-2-5-15(18)10-14/h2,4-5,10H,3,6-9,11-12H2,1H3. The largest absolute Gasteiger partial charge is 0.342 e. The average molecular weight is 304 g/mol. The zero-order valence-electron chi connectivity index (χ0n) is 12.8. The van der Waals surface area contributed by atoms with Crippen LogP contribution in [0.15, 0.2) is 24.3 Å². The van der Waals surface area contributed by atoms with Gasteiger partial charge in [-0.2, -0.15) is 0 Å². The number of halogens is 1. The van der Waals surface area contributed by atoms with Gasteiger partial charge in [0.05, 0.1) is 5.41 Å². The molecule has 2 heterocycles. The Bertz CT molecular complexity index is 604. The summed E-state index contributed by atoms with van der Waals surface area (Å²) >= 11 is 0. The first-order valence-electron chi connectivity index (χ1n) is 7.79. The van der Waals surface area contributed by atoms with E-state index in [0.29, 0.717) is 19.6 Å². The predicted octanol–water partition coefficient (Wildman–Crippen LogP) is 2.19. The molecule has 0 aliphatic carbocycles. The number of hydrogen-bond acceptors (Lipinski definition) is 2. The Morgan fingerprint density at radius 3 is 2.86 bits per heavy atom. The summed E-state index contributed by atoms with van der Waals surface area (Å²) in [4.78, 5) is 28.0. The van der Waals surface area contributed by atoms with Gasteiger partial charge in [-0.3, -0.25) is 9.59 Å². The number of benzene rings is 1. The van der Waals surface area contributed by atoms with Crippen molar-refractivity contribution in [2.75, 3.05) is 19.6 Å². The van der Waals surface area contributed by atoms with E-state index in [2.05, 4.69) is 0 Å². The maximum atomic E-state index is 13.3. The first-order valence-corrected chi connectivity index (χ1v) is 7.79. The first kappa shape index (κ1) is 15.0. The fraction of sp³-hybridized carbons (Fsp3) is 0.529. The third-order valence-corrected chi connectivity index (χ3v) is 4.89. The highest BCUT2D eigenvalue weighted by molar-refractivity contribution is 5.86. The second-order valence-electron chi connectivity index (χ2n) is 6.43. The molecule has 3 rings (SSSR count). The quantitative estimate of drug-likeness (QED) is 0.840. The molecule has 1 spiro atoms. The molecule has 0 aromatic heterocycles. The zero-order valence-corrected chi connectivity index (χ0v) is 12.8. The van der Waals surface area contributed by atoms with Crippen molar-refractivity contribution < 1.29 is 14.0 Å². The van der Waals surface area contributed by atoms with Gasteiger partial charge in [0.25, 0.3) is 0 Å². The maximum absolute atomic E-state index is 13.3. The molecule has 1 atom stereocenters. The van der Waals surface area contributed by atoms with E-state index in [0.717, 1.165) is 31.4 Å². The molecule has 2 amide bonds. The van der Waals surface area contributed by atoms with Gasteiger partial charge in [0.1, 0.15) is 5.82 Å². The van der Waals surface area contributed by atoms with Crippen LogP contribution in [0.25, 0.3) is 0 Å². The number of likely N-dealkylation sites (tertiary alicyclic amines) is 2. The lowest BCUT2D eigenvalue weighted by Crippen LogP contribution is -2.49. The third-order valence-electron chi connectivity index (χ3n) is 4.89. The Kier molecular flexibility index (Phi) is 3.89. The highest BCUT2D eigenvalue weighted by Crippen LogP contribution is 2.40. The Balaban J connectivity index is 1.73. The normalized spacial score (nSPS) is 25.1. The molecule has 1 aromatic rings. The third kappa shape index (κ3) is 2.72. The van der Waals surface area contributed by atoms with E-state index in [1.54, 1.807) is 22.8 Å². The summed E-state index contributed by atoms with van der Waals surface area (Å²) in [5.41, 5.74) is 0.390. The van der Waals surface area contributed by atoms with Crippen LogP contribution in [-0.4, -0.2) is 41.2 Å². The molecular formula is C17H21FN2O2. The van der Waals surface area contributed by atoms with E-state index in [-0.39, 0.29) is 17.6 Å². The fourth-order valence-corrected chi connectivity index (χ4v) is 3.68. The first-order chi connectivity index (χ1) is 10.5. The number of carbonyl (C=O) groups is 2. The van der Waals surface area contributed by atoms with Gasteiger partial charge in [0.15, 0.2) is 0 Å². The molecule has 118 valence electrons. The lowest BCUT2D eigenvalue weighted by atomic mass is 9.78. The summed E-state index contributed by atoms with van der Waals surface area (Å²) in [6, 6.07) is 6.38. The van der Waals surface area contributed by atoms with E-state index in [1.165, 1.54) is 12.1 Å². The fourth-order valence-electron chi connectivity index (χ4n) is 3.68. The predicted molar refractivity (Wildman–Crippen MR) is 80.4 cm³/mol. The number of carbonyl (C=O) groups excluding carboxylic acids is 2. The Morgan fingerprint density at radius 2 is 2.14 bits per heavy atom. The smallest absolute Gasteiger partial charge is 0.230 e. The van der Waals surface area contributed by atoms with Gasteiger partial charge in [0, 0.05) is 33.1 Å². The molecule has 22 heavy (non-hydrogen) atoms. The van der Waals surface area contributed by atoms with Gasteiger partial charge < -0.3 is 9.80 Å². The SMILES string of the molecule is CC(=O)N1CCCC2(CCN(Cc3cccc(F)c3)C2=O)C1. The van der Waals surface area contributed by atoms with Crippen LogP contribution in [-0.2, 0) is 16.1 Å². The van der Waals surface area contributed by atoms with Gasteiger partial charge in [-0.1, -0.05) is 12.1 Å². The van der Waals surface area contributed by atoms with Crippen LogP contribution in [0, 0.1) is 11.2 Å². The molecule has 2 aliphatic rings. The number of rotatable bonds is 2. The van der Waals surface area contributed by atoms with Crippen molar-refractivity contribution in [1.82, 2.24) is 9.80 Å². The van der Waals surface area contributed by atoms with Crippen LogP contribution in [0.1, 0.15) is 31.7 Å². The minimum absolute atomic E-state index is 0.0375. The summed E-state index contributed by atoms with van der Waals surface area (Å²) in [6.45, 7) is 3.96. The average Bonchev–Trinajstić information content (AvgIpc) is 2.77. The van der Waals surface area contributed by atoms with E-state index in [9.17, 15) is 14.0 Å². The van der Waals surface area contributed by atoms with Gasteiger partial charge in [-0.25, -0.2) is 4.39 Å². The van der Waals surface area contributed by atoms with Crippen LogP contribution in [0.4, 0.5) is 4.39 Å². The molecule has 0 bridgehead atoms. The van der Waals surface area contributed by atoms with Crippen molar-refractivity contribution in [1.29, 1.82) is 0 Å². The lowest BCUT2D eigenvalue weighted by molar-refractivity contribution is -0.142. The van der Waals surface area contributed by atoms with E-state index >= 15 is 0 Å². The second kappa shape index (κ2) is 5.71. The van der Waals surface area contributed by atoms with E-state index < -0.39 is 5.41 Å². The van der Waals surface area contributed by atoms with Crippen molar-refractivity contribution in [2.24, 2.45) is 5.41 Å². The van der Waals surface area contributed by atoms with Crippen LogP contribution >= 0.6 is 0 Å². The van der Waals surface area contributed by atoms with Crippen molar-refractivity contribution >= 4 is 11.8 Å². The molecule has 2 fully saturated rings. The number of nitrogens with zero attached hydrogens (tertiary/aromatic N) is 2. The van der Waals surface area contributed by atoms with Crippen molar-refractivity contribution in [3.05, 3.63) is 35.6 Å². The summed E-state index contributed by atoms with van der Waals surface area (Å²) in [7, 11) is 0. The Labute approximate surface area is 129 Å². The molecule has 1 aromatic carbocycles. The summed E-state index contributed by atoms with van der Waals surface area (Å²) in [5.74, 6) is -0.127. The summed E-state index contributed by atoms with van der Waals surface area (Å²) in [5, 5.41) is 0. The summed E-state index contributed by atoms with van der Waals surface area (Å²) in [6.07, 6.45) is 2.50. The summed E-state index contributed by atoms with van der Waals surface area (Å²) < 4.78 is 13.3. The van der Waals surface area contributed by atoms with E-state index in [4.69, 9.17) is 0 Å². The van der Waals surface area contributed by atoms with Crippen LogP contribution in [0.2, 0.25) is 0 Å². The van der Waals surface area contributed by atoms with Gasteiger partial charge in [0.2, 0.25) is 11.8 Å². The van der Waals surface area contributed by atoms with Gasteiger partial charge in [-0.15, -0.1) is 0 Å². The molecule has 2 saturated heterocycles. The molecule has 2 aliphatic heterocycles. The molecule has 5 heteroatoms. The monoisotopic (exact) mass is 304 g/mol. The van der Waals surface area contributed by atoms with Crippen molar-refractivity contribution in [3.63, 3.8) is 0 Å². The highest BCUT2D eigenvalue weighted by Gasteiger charge is 2.49. The number of hydrogen-bond donors (Lipinski definition) is 0. The van der Waals surface area contributed by atoms with Crippen LogP contribution in [0.3, 0.4) is 0 Å². The number of amides is 2. The Hall–Kier alpha value is -1.91. The highest BCUT2D eigenvalue weighted by atomic mass is 19.1. The molecule has 0 radical (unpaired) electrons. The minimum atomic E-state index is -0.419. The van der Waals surface area contributed by atoms with Crippen LogP contribution < -0.4 is 0 Å². The molecule has 4 nitrogen and oxygen atoms in total. The van der Waals surface area contributed by atoms with Crippen LogP contribution in [0.5, 0.6) is 0 Å². The molecule has 0 N–H and O–H groups in total. The molecular weight excluding hydrogens is 283 g/mol. The minimum Gasteiger partial charge on any atom is -0.342 e. The van der Waals surface area contributed by atoms with Gasteiger partial charge in [-0.05, 0) is 37.0 Å². The molecule has 0 saturated carbocycles. The van der Waals surface area contributed by atoms with Gasteiger partial charge >= 0.3 is 0 Å². The lowest BCUT2D eigenvalue weighted by Gasteiger charge is -2.38. The molecule has 1 unspecified atom stereocenters. The number of piperidine rings is 1. The zero-order chi connectivity index (χ0) is 15.7. The Morgan fingerprint density at radius 1 is 1.32 bits per heavy atom. The van der Waals surface area contributed by atoms with Crippen molar-refractivity contribution in [2.45, 2.75) is 32.7 Å². The second-order valence-corrected chi connectivity index (χ2v) is 6.43. The maximum Gasteiger partial charge on any atom is 0.230 e.